The van der Waals surface area contributed by atoms with E-state index in [-0.39, 0.29) is 5.54 Å². The summed E-state index contributed by atoms with van der Waals surface area (Å²) in [7, 11) is 0. The monoisotopic (exact) mass is 366 g/mol. The van der Waals surface area contributed by atoms with Gasteiger partial charge in [0.25, 0.3) is 0 Å². The van der Waals surface area contributed by atoms with E-state index >= 15 is 0 Å². The van der Waals surface area contributed by atoms with E-state index in [0.29, 0.717) is 18.0 Å². The Labute approximate surface area is 164 Å². The van der Waals surface area contributed by atoms with Gasteiger partial charge in [-0.3, -0.25) is 14.9 Å². The molecule has 0 bridgehead atoms. The first-order valence-corrected chi connectivity index (χ1v) is 10.3. The lowest BCUT2D eigenvalue weighted by Crippen LogP contribution is -2.50. The minimum absolute atomic E-state index is 0.168. The number of rotatable bonds is 6. The zero-order valence-corrected chi connectivity index (χ0v) is 17.2. The summed E-state index contributed by atoms with van der Waals surface area (Å²) in [5, 5.41) is 0. The highest BCUT2D eigenvalue weighted by molar-refractivity contribution is 5.24. The van der Waals surface area contributed by atoms with Gasteiger partial charge >= 0.3 is 0 Å². The summed E-state index contributed by atoms with van der Waals surface area (Å²) in [6.45, 7) is 9.92. The molecule has 0 spiro atoms. The maximum absolute atomic E-state index is 6.19. The van der Waals surface area contributed by atoms with Crippen LogP contribution in [-0.4, -0.2) is 27.0 Å². The van der Waals surface area contributed by atoms with Crippen molar-refractivity contribution < 1.29 is 0 Å². The van der Waals surface area contributed by atoms with Crippen LogP contribution < -0.4 is 5.73 Å². The van der Waals surface area contributed by atoms with Crippen LogP contribution in [0.2, 0.25) is 0 Å². The van der Waals surface area contributed by atoms with Crippen molar-refractivity contribution in [1.29, 1.82) is 0 Å². The second kappa shape index (κ2) is 8.49. The summed E-state index contributed by atoms with van der Waals surface area (Å²) in [4.78, 5) is 12.1. The molecule has 0 atom stereocenters. The molecule has 0 aromatic carbocycles. The fourth-order valence-electron chi connectivity index (χ4n) is 4.34. The molecule has 1 saturated carbocycles. The normalized spacial score (nSPS) is 21.0. The van der Waals surface area contributed by atoms with E-state index in [1.54, 1.807) is 0 Å². The third-order valence-corrected chi connectivity index (χ3v) is 6.06. The fraction of sp³-hybridized carbons (Fsp3) is 0.565. The molecule has 2 heterocycles. The molecule has 1 fully saturated rings. The van der Waals surface area contributed by atoms with Crippen LogP contribution >= 0.6 is 0 Å². The molecular weight excluding hydrogens is 332 g/mol. The second-order valence-electron chi connectivity index (χ2n) is 8.66. The van der Waals surface area contributed by atoms with Gasteiger partial charge in [0.1, 0.15) is 0 Å². The van der Waals surface area contributed by atoms with Gasteiger partial charge in [0.2, 0.25) is 0 Å². The number of nitrogens with zero attached hydrogens (tertiary/aromatic N) is 3. The van der Waals surface area contributed by atoms with Gasteiger partial charge in [0.05, 0.1) is 16.9 Å². The van der Waals surface area contributed by atoms with Gasteiger partial charge in [-0.1, -0.05) is 26.0 Å². The van der Waals surface area contributed by atoms with Crippen molar-refractivity contribution >= 4 is 0 Å². The van der Waals surface area contributed by atoms with Gasteiger partial charge in [-0.15, -0.1) is 0 Å². The van der Waals surface area contributed by atoms with Crippen molar-refractivity contribution in [2.24, 2.45) is 5.73 Å². The van der Waals surface area contributed by atoms with Crippen molar-refractivity contribution in [2.75, 3.05) is 0 Å². The lowest BCUT2D eigenvalue weighted by Gasteiger charge is -2.45. The van der Waals surface area contributed by atoms with Crippen molar-refractivity contribution in [3.8, 4) is 0 Å². The lowest BCUT2D eigenvalue weighted by molar-refractivity contribution is 0.0312. The Hall–Kier alpha value is -1.78. The Morgan fingerprint density at radius 3 is 2.37 bits per heavy atom. The summed E-state index contributed by atoms with van der Waals surface area (Å²) in [6, 6.07) is 11.3. The third-order valence-electron chi connectivity index (χ3n) is 6.06. The van der Waals surface area contributed by atoms with Gasteiger partial charge in [-0.25, -0.2) is 0 Å². The van der Waals surface area contributed by atoms with E-state index in [9.17, 15) is 0 Å². The molecule has 2 aromatic heterocycles. The molecule has 2 N–H and O–H groups in total. The number of pyridine rings is 2. The molecule has 3 rings (SSSR count). The Morgan fingerprint density at radius 1 is 1.04 bits per heavy atom. The van der Waals surface area contributed by atoms with Crippen LogP contribution in [0.25, 0.3) is 0 Å². The van der Waals surface area contributed by atoms with E-state index in [2.05, 4.69) is 50.8 Å². The SMILES string of the molecule is CC(C)c1cccnc1CN(C1CCC(N)CC1)C(C)(C)c1ccccn1. The average Bonchev–Trinajstić information content (AvgIpc) is 2.68. The topological polar surface area (TPSA) is 55.0 Å². The van der Waals surface area contributed by atoms with E-state index < -0.39 is 0 Å². The minimum atomic E-state index is -0.168. The second-order valence-corrected chi connectivity index (χ2v) is 8.66. The molecular formula is C23H34N4. The van der Waals surface area contributed by atoms with Gasteiger partial charge in [0.15, 0.2) is 0 Å². The quantitative estimate of drug-likeness (QED) is 0.811. The van der Waals surface area contributed by atoms with Crippen molar-refractivity contribution in [3.05, 3.63) is 59.7 Å². The van der Waals surface area contributed by atoms with Crippen molar-refractivity contribution in [2.45, 2.75) is 83.5 Å². The summed E-state index contributed by atoms with van der Waals surface area (Å²) in [5.74, 6) is 0.466. The molecule has 0 saturated heterocycles. The summed E-state index contributed by atoms with van der Waals surface area (Å²) >= 11 is 0. The zero-order valence-electron chi connectivity index (χ0n) is 17.2. The molecule has 0 amide bonds. The molecule has 146 valence electrons. The molecule has 1 aliphatic carbocycles. The van der Waals surface area contributed by atoms with Crippen LogP contribution in [0, 0.1) is 0 Å². The predicted octanol–water partition coefficient (Wildman–Crippen LogP) is 4.61. The first-order valence-electron chi connectivity index (χ1n) is 10.3. The predicted molar refractivity (Wildman–Crippen MR) is 111 cm³/mol. The van der Waals surface area contributed by atoms with Crippen LogP contribution in [0.15, 0.2) is 42.7 Å². The average molecular weight is 367 g/mol. The van der Waals surface area contributed by atoms with E-state index in [1.165, 1.54) is 11.3 Å². The van der Waals surface area contributed by atoms with Crippen LogP contribution in [0.1, 0.15) is 76.2 Å². The smallest absolute Gasteiger partial charge is 0.0601 e. The zero-order chi connectivity index (χ0) is 19.4. The first kappa shape index (κ1) is 20.0. The van der Waals surface area contributed by atoms with Gasteiger partial charge in [-0.2, -0.15) is 0 Å². The van der Waals surface area contributed by atoms with Gasteiger partial charge in [0, 0.05) is 31.0 Å². The van der Waals surface area contributed by atoms with Crippen molar-refractivity contribution in [1.82, 2.24) is 14.9 Å². The molecule has 0 radical (unpaired) electrons. The summed E-state index contributed by atoms with van der Waals surface area (Å²) in [5.41, 5.74) is 9.66. The number of aromatic nitrogens is 2. The standard InChI is InChI=1S/C23H34N4/c1-17(2)20-8-7-15-25-21(20)16-27(19-12-10-18(24)11-13-19)23(3,4)22-9-5-6-14-26-22/h5-9,14-15,17-19H,10-13,16,24H2,1-4H3. The summed E-state index contributed by atoms with van der Waals surface area (Å²) in [6.07, 6.45) is 8.29. The molecule has 27 heavy (non-hydrogen) atoms. The number of hydrogen-bond acceptors (Lipinski definition) is 4. The molecule has 4 nitrogen and oxygen atoms in total. The van der Waals surface area contributed by atoms with Crippen LogP contribution in [0.4, 0.5) is 0 Å². The lowest BCUT2D eigenvalue weighted by atomic mass is 9.86. The van der Waals surface area contributed by atoms with Crippen LogP contribution in [0.3, 0.4) is 0 Å². The Morgan fingerprint density at radius 2 is 1.74 bits per heavy atom. The fourth-order valence-corrected chi connectivity index (χ4v) is 4.34. The molecule has 2 aromatic rings. The number of nitrogens with two attached hydrogens (primary N) is 1. The molecule has 0 unspecified atom stereocenters. The molecule has 4 heteroatoms. The maximum atomic E-state index is 6.19. The highest BCUT2D eigenvalue weighted by Crippen LogP contribution is 2.35. The highest BCUT2D eigenvalue weighted by Gasteiger charge is 2.37. The maximum Gasteiger partial charge on any atom is 0.0601 e. The highest BCUT2D eigenvalue weighted by atomic mass is 15.2. The molecule has 1 aliphatic rings. The Bertz CT molecular complexity index is 718. The summed E-state index contributed by atoms with van der Waals surface area (Å²) < 4.78 is 0. The van der Waals surface area contributed by atoms with E-state index in [4.69, 9.17) is 15.7 Å². The van der Waals surface area contributed by atoms with E-state index in [0.717, 1.165) is 37.9 Å². The molecule has 0 aliphatic heterocycles. The minimum Gasteiger partial charge on any atom is -0.328 e. The third kappa shape index (κ3) is 4.56. The number of hydrogen-bond donors (Lipinski definition) is 1. The Balaban J connectivity index is 1.96. The van der Waals surface area contributed by atoms with Crippen molar-refractivity contribution in [3.63, 3.8) is 0 Å². The van der Waals surface area contributed by atoms with E-state index in [1.807, 2.05) is 24.5 Å². The Kier molecular flexibility index (Phi) is 6.28. The first-order chi connectivity index (χ1) is 12.9. The van der Waals surface area contributed by atoms with Gasteiger partial charge < -0.3 is 5.73 Å². The van der Waals surface area contributed by atoms with Crippen LogP contribution in [-0.2, 0) is 12.1 Å². The largest absolute Gasteiger partial charge is 0.328 e. The van der Waals surface area contributed by atoms with Gasteiger partial charge in [-0.05, 0) is 69.2 Å². The van der Waals surface area contributed by atoms with Crippen LogP contribution in [0.5, 0.6) is 0 Å².